The molecule has 0 fully saturated rings. The van der Waals surface area contributed by atoms with Crippen LogP contribution in [0.25, 0.3) is 11.3 Å². The third-order valence-corrected chi connectivity index (χ3v) is 3.01. The van der Waals surface area contributed by atoms with Gasteiger partial charge in [-0.25, -0.2) is 4.99 Å². The molecule has 1 heterocycles. The van der Waals surface area contributed by atoms with Crippen LogP contribution in [0.2, 0.25) is 0 Å². The lowest BCUT2D eigenvalue weighted by molar-refractivity contribution is -0.137. The van der Waals surface area contributed by atoms with Gasteiger partial charge in [0, 0.05) is 5.56 Å². The molecule has 0 unspecified atom stereocenters. The van der Waals surface area contributed by atoms with Crippen LogP contribution < -0.4 is 0 Å². The van der Waals surface area contributed by atoms with Gasteiger partial charge in [-0.05, 0) is 49.9 Å². The minimum absolute atomic E-state index is 0.217. The number of phenols is 1. The summed E-state index contributed by atoms with van der Waals surface area (Å²) in [4.78, 5) is 3.66. The van der Waals surface area contributed by atoms with Gasteiger partial charge < -0.3 is 5.11 Å². The number of aliphatic imine (C=N–C) groups is 1. The second-order valence-electron chi connectivity index (χ2n) is 4.58. The largest absolute Gasteiger partial charge is 0.507 e. The Labute approximate surface area is 119 Å². The van der Waals surface area contributed by atoms with E-state index in [1.165, 1.54) is 6.92 Å². The molecule has 2 aromatic rings. The van der Waals surface area contributed by atoms with E-state index >= 15 is 0 Å². The van der Waals surface area contributed by atoms with E-state index in [2.05, 4.69) is 21.9 Å². The van der Waals surface area contributed by atoms with E-state index in [9.17, 15) is 18.3 Å². The van der Waals surface area contributed by atoms with E-state index in [1.807, 2.05) is 0 Å². The van der Waals surface area contributed by atoms with Crippen LogP contribution in [0.15, 0.2) is 23.2 Å². The Morgan fingerprint density at radius 1 is 1.10 bits per heavy atom. The lowest BCUT2D eigenvalue weighted by Gasteiger charge is -2.13. The fourth-order valence-corrected chi connectivity index (χ4v) is 2.02. The standard InChI is InChI=1S/C14H12F3N3O/c1-7-4-9(14(15,16)17)6-11(21)12(7)10-5-8(2)13(18-3)20-19-10/h4-6,21H,3H2,1-2H3. The molecule has 0 aliphatic rings. The average molecular weight is 295 g/mol. The molecule has 21 heavy (non-hydrogen) atoms. The van der Waals surface area contributed by atoms with E-state index in [1.54, 1.807) is 13.0 Å². The Morgan fingerprint density at radius 3 is 2.24 bits per heavy atom. The summed E-state index contributed by atoms with van der Waals surface area (Å²) in [5, 5.41) is 17.6. The normalized spacial score (nSPS) is 11.5. The first-order valence-electron chi connectivity index (χ1n) is 5.96. The molecule has 0 bridgehead atoms. The maximum Gasteiger partial charge on any atom is 0.416 e. The summed E-state index contributed by atoms with van der Waals surface area (Å²) in [5.74, 6) is -0.154. The molecule has 1 aromatic heterocycles. The number of aromatic hydroxyl groups is 1. The highest BCUT2D eigenvalue weighted by Crippen LogP contribution is 2.38. The Bertz CT molecular complexity index is 688. The Hall–Kier alpha value is -2.44. The number of benzene rings is 1. The number of rotatable bonds is 2. The van der Waals surface area contributed by atoms with Crippen molar-refractivity contribution < 1.29 is 18.3 Å². The number of aryl methyl sites for hydroxylation is 2. The molecule has 0 saturated carbocycles. The highest BCUT2D eigenvalue weighted by molar-refractivity contribution is 5.72. The lowest BCUT2D eigenvalue weighted by atomic mass is 10.00. The third-order valence-electron chi connectivity index (χ3n) is 3.01. The van der Waals surface area contributed by atoms with Crippen molar-refractivity contribution in [1.82, 2.24) is 10.2 Å². The first kappa shape index (κ1) is 15.0. The van der Waals surface area contributed by atoms with Crippen LogP contribution in [0.4, 0.5) is 19.0 Å². The van der Waals surface area contributed by atoms with Gasteiger partial charge in [0.15, 0.2) is 5.82 Å². The molecule has 1 N–H and O–H groups in total. The molecule has 0 atom stereocenters. The second kappa shape index (κ2) is 5.16. The zero-order valence-electron chi connectivity index (χ0n) is 11.4. The van der Waals surface area contributed by atoms with Gasteiger partial charge in [0.1, 0.15) is 5.75 Å². The van der Waals surface area contributed by atoms with Gasteiger partial charge in [-0.1, -0.05) is 0 Å². The van der Waals surface area contributed by atoms with Crippen molar-refractivity contribution in [3.05, 3.63) is 34.9 Å². The molecule has 0 aliphatic heterocycles. The molecule has 0 radical (unpaired) electrons. The summed E-state index contributed by atoms with van der Waals surface area (Å²) in [6, 6.07) is 3.23. The van der Waals surface area contributed by atoms with Crippen LogP contribution in [0.3, 0.4) is 0 Å². The van der Waals surface area contributed by atoms with E-state index < -0.39 is 17.5 Å². The molecule has 2 rings (SSSR count). The molecule has 0 amide bonds. The quantitative estimate of drug-likeness (QED) is 0.857. The summed E-state index contributed by atoms with van der Waals surface area (Å²) in [5.41, 5.74) is 0.511. The van der Waals surface area contributed by atoms with Gasteiger partial charge in [-0.2, -0.15) is 13.2 Å². The van der Waals surface area contributed by atoms with E-state index in [0.717, 1.165) is 6.07 Å². The van der Waals surface area contributed by atoms with Gasteiger partial charge >= 0.3 is 6.18 Å². The van der Waals surface area contributed by atoms with Crippen LogP contribution >= 0.6 is 0 Å². The SMILES string of the molecule is C=Nc1nnc(-c2c(C)cc(C(F)(F)F)cc2O)cc1C. The number of hydrogen-bond acceptors (Lipinski definition) is 4. The van der Waals surface area contributed by atoms with Crippen molar-refractivity contribution >= 4 is 12.5 Å². The van der Waals surface area contributed by atoms with E-state index in [0.29, 0.717) is 17.4 Å². The summed E-state index contributed by atoms with van der Waals surface area (Å²) < 4.78 is 38.1. The predicted octanol–water partition coefficient (Wildman–Crippen LogP) is 3.82. The summed E-state index contributed by atoms with van der Waals surface area (Å²) in [7, 11) is 0. The van der Waals surface area contributed by atoms with Crippen molar-refractivity contribution in [2.24, 2.45) is 4.99 Å². The Balaban J connectivity index is 2.60. The number of hydrogen-bond donors (Lipinski definition) is 1. The third kappa shape index (κ3) is 2.86. The number of halogens is 3. The van der Waals surface area contributed by atoms with Crippen LogP contribution in [0.1, 0.15) is 16.7 Å². The fourth-order valence-electron chi connectivity index (χ4n) is 2.02. The van der Waals surface area contributed by atoms with Crippen LogP contribution in [-0.4, -0.2) is 22.0 Å². The minimum atomic E-state index is -4.51. The molecule has 7 heteroatoms. The predicted molar refractivity (Wildman–Crippen MR) is 72.8 cm³/mol. The maximum atomic E-state index is 12.7. The van der Waals surface area contributed by atoms with Crippen molar-refractivity contribution in [3.8, 4) is 17.0 Å². The first-order chi connectivity index (χ1) is 9.74. The first-order valence-corrected chi connectivity index (χ1v) is 5.96. The monoisotopic (exact) mass is 295 g/mol. The topological polar surface area (TPSA) is 58.4 Å². The zero-order chi connectivity index (χ0) is 15.8. The van der Waals surface area contributed by atoms with E-state index in [-0.39, 0.29) is 16.8 Å². The Kier molecular flexibility index (Phi) is 3.67. The summed E-state index contributed by atoms with van der Waals surface area (Å²) in [6.45, 7) is 6.54. The van der Waals surface area contributed by atoms with Gasteiger partial charge in [0.05, 0.1) is 11.3 Å². The highest BCUT2D eigenvalue weighted by Gasteiger charge is 2.32. The van der Waals surface area contributed by atoms with Crippen molar-refractivity contribution in [3.63, 3.8) is 0 Å². The van der Waals surface area contributed by atoms with Crippen LogP contribution in [0.5, 0.6) is 5.75 Å². The number of phenolic OH excluding ortho intramolecular Hbond substituents is 1. The molecule has 4 nitrogen and oxygen atoms in total. The number of nitrogens with zero attached hydrogens (tertiary/aromatic N) is 3. The average Bonchev–Trinajstić information content (AvgIpc) is 2.37. The smallest absolute Gasteiger partial charge is 0.416 e. The molecule has 110 valence electrons. The van der Waals surface area contributed by atoms with Gasteiger partial charge in [-0.15, -0.1) is 10.2 Å². The van der Waals surface area contributed by atoms with Crippen molar-refractivity contribution in [1.29, 1.82) is 0 Å². The fraction of sp³-hybridized carbons (Fsp3) is 0.214. The molecule has 0 spiro atoms. The summed E-state index contributed by atoms with van der Waals surface area (Å²) in [6.07, 6.45) is -4.51. The van der Waals surface area contributed by atoms with Crippen molar-refractivity contribution in [2.45, 2.75) is 20.0 Å². The lowest BCUT2D eigenvalue weighted by Crippen LogP contribution is -2.06. The molecule has 0 saturated heterocycles. The number of alkyl halides is 3. The van der Waals surface area contributed by atoms with Gasteiger partial charge in [0.25, 0.3) is 0 Å². The van der Waals surface area contributed by atoms with Crippen LogP contribution in [0, 0.1) is 13.8 Å². The maximum absolute atomic E-state index is 12.7. The zero-order valence-corrected chi connectivity index (χ0v) is 11.4. The summed E-state index contributed by atoms with van der Waals surface area (Å²) >= 11 is 0. The Morgan fingerprint density at radius 2 is 1.76 bits per heavy atom. The molecular weight excluding hydrogens is 283 g/mol. The van der Waals surface area contributed by atoms with E-state index in [4.69, 9.17) is 0 Å². The number of aromatic nitrogens is 2. The van der Waals surface area contributed by atoms with Gasteiger partial charge in [0.2, 0.25) is 0 Å². The molecule has 0 aliphatic carbocycles. The van der Waals surface area contributed by atoms with Crippen molar-refractivity contribution in [2.75, 3.05) is 0 Å². The van der Waals surface area contributed by atoms with Gasteiger partial charge in [-0.3, -0.25) is 0 Å². The second-order valence-corrected chi connectivity index (χ2v) is 4.58. The minimum Gasteiger partial charge on any atom is -0.507 e. The highest BCUT2D eigenvalue weighted by atomic mass is 19.4. The molecule has 1 aromatic carbocycles. The molecular formula is C14H12F3N3O. The van der Waals surface area contributed by atoms with Crippen LogP contribution in [-0.2, 0) is 6.18 Å².